The summed E-state index contributed by atoms with van der Waals surface area (Å²) < 4.78 is 34.6. The Morgan fingerprint density at radius 1 is 1.25 bits per heavy atom. The van der Waals surface area contributed by atoms with Crippen LogP contribution in [0.25, 0.3) is 21.9 Å². The minimum absolute atomic E-state index is 0.0987. The van der Waals surface area contributed by atoms with Crippen LogP contribution in [0.3, 0.4) is 0 Å². The second kappa shape index (κ2) is 7.10. The van der Waals surface area contributed by atoms with E-state index in [0.29, 0.717) is 23.4 Å². The molecule has 0 bridgehead atoms. The Kier molecular flexibility index (Phi) is 4.76. The number of sulfone groups is 1. The molecule has 1 aliphatic heterocycles. The lowest BCUT2D eigenvalue weighted by Gasteiger charge is -2.22. The number of para-hydroxylation sites is 1. The topological polar surface area (TPSA) is 88.9 Å². The van der Waals surface area contributed by atoms with E-state index in [1.807, 2.05) is 30.3 Å². The van der Waals surface area contributed by atoms with Crippen LogP contribution in [0.2, 0.25) is 0 Å². The van der Waals surface area contributed by atoms with Gasteiger partial charge in [0.05, 0.1) is 30.8 Å². The molecule has 2 aromatic carbocycles. The van der Waals surface area contributed by atoms with Crippen LogP contribution in [0.5, 0.6) is 5.75 Å². The minimum atomic E-state index is -2.99. The predicted molar refractivity (Wildman–Crippen MR) is 109 cm³/mol. The zero-order valence-electron chi connectivity index (χ0n) is 15.8. The van der Waals surface area contributed by atoms with Crippen molar-refractivity contribution < 1.29 is 22.4 Å². The van der Waals surface area contributed by atoms with Crippen LogP contribution in [-0.2, 0) is 14.6 Å². The fraction of sp³-hybridized carbons (Fsp3) is 0.350. The molecule has 1 fully saturated rings. The van der Waals surface area contributed by atoms with Crippen LogP contribution < -0.4 is 10.1 Å². The van der Waals surface area contributed by atoms with Gasteiger partial charge in [-0.3, -0.25) is 9.69 Å². The smallest absolute Gasteiger partial charge is 0.238 e. The minimum Gasteiger partial charge on any atom is -0.495 e. The average molecular weight is 402 g/mol. The molecule has 1 aromatic heterocycles. The van der Waals surface area contributed by atoms with Crippen LogP contribution in [0.15, 0.2) is 40.8 Å². The molecular formula is C20H22N2O5S. The average Bonchev–Trinajstić information content (AvgIpc) is 3.20. The Hall–Kier alpha value is -2.58. The van der Waals surface area contributed by atoms with Crippen molar-refractivity contribution in [1.82, 2.24) is 4.90 Å². The molecule has 2 heterocycles. The standard InChI is InChI=1S/C20H22N2O5S/c1-22(13-7-8-28(24,25)12-13)11-20(23)21-16-10-18-15(9-19(16)26-2)14-5-3-4-6-17(14)27-18/h3-6,9-10,13H,7-8,11-12H2,1-2H3,(H,21,23). The third-order valence-corrected chi connectivity index (χ3v) is 6.95. The Bertz CT molecular complexity index is 1150. The highest BCUT2D eigenvalue weighted by molar-refractivity contribution is 7.91. The molecule has 1 aliphatic rings. The molecule has 28 heavy (non-hydrogen) atoms. The van der Waals surface area contributed by atoms with Crippen molar-refractivity contribution in [2.45, 2.75) is 12.5 Å². The van der Waals surface area contributed by atoms with Gasteiger partial charge in [0.25, 0.3) is 0 Å². The fourth-order valence-electron chi connectivity index (χ4n) is 3.69. The molecule has 4 rings (SSSR count). The van der Waals surface area contributed by atoms with Crippen molar-refractivity contribution in [3.63, 3.8) is 0 Å². The van der Waals surface area contributed by atoms with Gasteiger partial charge in [0.2, 0.25) is 5.91 Å². The molecule has 0 aliphatic carbocycles. The number of hydrogen-bond donors (Lipinski definition) is 1. The molecule has 0 spiro atoms. The summed E-state index contributed by atoms with van der Waals surface area (Å²) in [6, 6.07) is 11.2. The monoisotopic (exact) mass is 402 g/mol. The number of likely N-dealkylation sites (N-methyl/N-ethyl adjacent to an activating group) is 1. The number of hydrogen-bond acceptors (Lipinski definition) is 6. The summed E-state index contributed by atoms with van der Waals surface area (Å²) in [4.78, 5) is 14.3. The molecule has 3 aromatic rings. The lowest BCUT2D eigenvalue weighted by Crippen LogP contribution is -2.38. The SMILES string of the molecule is COc1cc2c(cc1NC(=O)CN(C)C1CCS(=O)(=O)C1)oc1ccccc12. The molecule has 0 saturated carbocycles. The number of methoxy groups -OCH3 is 1. The van der Waals surface area contributed by atoms with E-state index in [1.54, 1.807) is 25.1 Å². The first-order valence-corrected chi connectivity index (χ1v) is 10.9. The van der Waals surface area contributed by atoms with Gasteiger partial charge < -0.3 is 14.5 Å². The predicted octanol–water partition coefficient (Wildman–Crippen LogP) is 2.65. The van der Waals surface area contributed by atoms with E-state index in [1.165, 1.54) is 0 Å². The number of rotatable bonds is 5. The zero-order chi connectivity index (χ0) is 19.9. The Morgan fingerprint density at radius 3 is 2.75 bits per heavy atom. The lowest BCUT2D eigenvalue weighted by molar-refractivity contribution is -0.117. The number of amides is 1. The van der Waals surface area contributed by atoms with Crippen molar-refractivity contribution in [2.24, 2.45) is 0 Å². The highest BCUT2D eigenvalue weighted by Crippen LogP contribution is 2.36. The molecule has 0 radical (unpaired) electrons. The quantitative estimate of drug-likeness (QED) is 0.706. The molecule has 1 unspecified atom stereocenters. The van der Waals surface area contributed by atoms with Gasteiger partial charge in [-0.15, -0.1) is 0 Å². The molecule has 7 nitrogen and oxygen atoms in total. The van der Waals surface area contributed by atoms with Crippen molar-refractivity contribution >= 4 is 43.4 Å². The number of nitrogens with zero attached hydrogens (tertiary/aromatic N) is 1. The van der Waals surface area contributed by atoms with Crippen LogP contribution in [0, 0.1) is 0 Å². The molecule has 148 valence electrons. The molecule has 1 amide bonds. The van der Waals surface area contributed by atoms with Crippen LogP contribution in [-0.4, -0.2) is 57.5 Å². The van der Waals surface area contributed by atoms with Crippen molar-refractivity contribution in [3.05, 3.63) is 36.4 Å². The number of furan rings is 1. The number of fused-ring (bicyclic) bond motifs is 3. The van der Waals surface area contributed by atoms with Gasteiger partial charge in [-0.25, -0.2) is 8.42 Å². The first-order chi connectivity index (χ1) is 13.4. The maximum Gasteiger partial charge on any atom is 0.238 e. The Balaban J connectivity index is 1.55. The fourth-order valence-corrected chi connectivity index (χ4v) is 5.49. The summed E-state index contributed by atoms with van der Waals surface area (Å²) in [7, 11) is 0.330. The van der Waals surface area contributed by atoms with Crippen molar-refractivity contribution in [2.75, 3.05) is 37.5 Å². The van der Waals surface area contributed by atoms with Crippen LogP contribution in [0.4, 0.5) is 5.69 Å². The van der Waals surface area contributed by atoms with E-state index < -0.39 is 9.84 Å². The highest BCUT2D eigenvalue weighted by Gasteiger charge is 2.31. The van der Waals surface area contributed by atoms with Crippen LogP contribution in [0.1, 0.15) is 6.42 Å². The maximum atomic E-state index is 12.5. The summed E-state index contributed by atoms with van der Waals surface area (Å²) in [5.74, 6) is 0.588. The third-order valence-electron chi connectivity index (χ3n) is 5.20. The number of benzene rings is 2. The number of nitrogens with one attached hydrogen (secondary N) is 1. The van der Waals surface area contributed by atoms with Gasteiger partial charge in [-0.2, -0.15) is 0 Å². The summed E-state index contributed by atoms with van der Waals surface area (Å²) in [6.07, 6.45) is 0.556. The first kappa shape index (κ1) is 18.8. The largest absolute Gasteiger partial charge is 0.495 e. The summed E-state index contributed by atoms with van der Waals surface area (Å²) in [5.41, 5.74) is 1.95. The van der Waals surface area contributed by atoms with Gasteiger partial charge in [0, 0.05) is 22.9 Å². The number of anilines is 1. The zero-order valence-corrected chi connectivity index (χ0v) is 16.6. The summed E-state index contributed by atoms with van der Waals surface area (Å²) in [6.45, 7) is 0.0987. The van der Waals surface area contributed by atoms with E-state index in [4.69, 9.17) is 9.15 Å². The lowest BCUT2D eigenvalue weighted by atomic mass is 10.1. The number of ether oxygens (including phenoxy) is 1. The van der Waals surface area contributed by atoms with E-state index in [0.717, 1.165) is 16.4 Å². The van der Waals surface area contributed by atoms with Gasteiger partial charge in [-0.05, 0) is 25.6 Å². The van der Waals surface area contributed by atoms with E-state index in [-0.39, 0.29) is 30.0 Å². The highest BCUT2D eigenvalue weighted by atomic mass is 32.2. The Morgan fingerprint density at radius 2 is 2.04 bits per heavy atom. The van der Waals surface area contributed by atoms with Gasteiger partial charge in [0.15, 0.2) is 9.84 Å². The Labute approximate surface area is 163 Å². The molecular weight excluding hydrogens is 380 g/mol. The van der Waals surface area contributed by atoms with E-state index in [9.17, 15) is 13.2 Å². The van der Waals surface area contributed by atoms with Gasteiger partial charge in [-0.1, -0.05) is 18.2 Å². The van der Waals surface area contributed by atoms with Crippen molar-refractivity contribution in [3.8, 4) is 5.75 Å². The molecule has 8 heteroatoms. The van der Waals surface area contributed by atoms with E-state index in [2.05, 4.69) is 5.32 Å². The van der Waals surface area contributed by atoms with Crippen LogP contribution >= 0.6 is 0 Å². The molecule has 1 N–H and O–H groups in total. The molecule has 1 saturated heterocycles. The van der Waals surface area contributed by atoms with Crippen molar-refractivity contribution in [1.29, 1.82) is 0 Å². The number of carbonyl (C=O) groups is 1. The first-order valence-electron chi connectivity index (χ1n) is 9.06. The normalized spacial score (nSPS) is 18.8. The van der Waals surface area contributed by atoms with Gasteiger partial charge >= 0.3 is 0 Å². The second-order valence-corrected chi connectivity index (χ2v) is 9.40. The number of carbonyl (C=O) groups excluding carboxylic acids is 1. The maximum absolute atomic E-state index is 12.5. The van der Waals surface area contributed by atoms with Gasteiger partial charge in [0.1, 0.15) is 16.9 Å². The second-order valence-electron chi connectivity index (χ2n) is 7.17. The van der Waals surface area contributed by atoms with E-state index >= 15 is 0 Å². The summed E-state index contributed by atoms with van der Waals surface area (Å²) in [5, 5.41) is 4.76. The molecule has 1 atom stereocenters. The third kappa shape index (κ3) is 3.57. The summed E-state index contributed by atoms with van der Waals surface area (Å²) >= 11 is 0.